The minimum Gasteiger partial charge on any atom is -0.479 e. The van der Waals surface area contributed by atoms with Gasteiger partial charge in [0.2, 0.25) is 0 Å². The number of hydrogen-bond donors (Lipinski definition) is 4. The lowest BCUT2D eigenvalue weighted by atomic mass is 10.0. The van der Waals surface area contributed by atoms with Crippen LogP contribution in [-0.2, 0) is 33.3 Å². The van der Waals surface area contributed by atoms with E-state index in [9.17, 15) is 19.2 Å². The molecule has 0 saturated heterocycles. The van der Waals surface area contributed by atoms with Crippen LogP contribution in [0.1, 0.15) is 40.5 Å². The molecule has 174 valence electrons. The molecule has 0 aliphatic heterocycles. The molecule has 3 atom stereocenters. The Hall–Kier alpha value is -2.44. The van der Waals surface area contributed by atoms with Crippen molar-refractivity contribution in [3.8, 4) is 0 Å². The van der Waals surface area contributed by atoms with Crippen LogP contribution < -0.4 is 5.32 Å². The predicted molar refractivity (Wildman–Crippen MR) is 101 cm³/mol. The fourth-order valence-corrected chi connectivity index (χ4v) is 1.86. The number of aliphatic carboxylic acids is 3. The summed E-state index contributed by atoms with van der Waals surface area (Å²) < 4.78 is 20.8. The first-order chi connectivity index (χ1) is 13.9. The predicted octanol–water partition coefficient (Wildman–Crippen LogP) is 0.721. The summed E-state index contributed by atoms with van der Waals surface area (Å²) >= 11 is 0. The van der Waals surface area contributed by atoms with Crippen molar-refractivity contribution in [1.82, 2.24) is 5.32 Å². The molecule has 0 aliphatic rings. The largest absolute Gasteiger partial charge is 0.479 e. The van der Waals surface area contributed by atoms with E-state index >= 15 is 0 Å². The Bertz CT molecular complexity index is 521. The number of carboxylic acid groups (broad SMARTS) is 3. The summed E-state index contributed by atoms with van der Waals surface area (Å²) in [5.74, 6) is -3.81. The van der Waals surface area contributed by atoms with E-state index in [1.54, 1.807) is 0 Å². The molecule has 0 aromatic rings. The normalized spacial score (nSPS) is 16.0. The van der Waals surface area contributed by atoms with Crippen LogP contribution in [0.5, 0.6) is 0 Å². The highest BCUT2D eigenvalue weighted by molar-refractivity contribution is 5.72. The van der Waals surface area contributed by atoms with E-state index in [1.807, 2.05) is 6.92 Å². The second-order valence-electron chi connectivity index (χ2n) is 6.77. The number of amides is 1. The Labute approximate surface area is 174 Å². The molecule has 0 aromatic heterocycles. The van der Waals surface area contributed by atoms with Crippen molar-refractivity contribution in [2.24, 2.45) is 0 Å². The third kappa shape index (κ3) is 10.9. The van der Waals surface area contributed by atoms with E-state index in [0.717, 1.165) is 6.42 Å². The minimum absolute atomic E-state index is 0.115. The Morgan fingerprint density at radius 3 is 1.47 bits per heavy atom. The van der Waals surface area contributed by atoms with Gasteiger partial charge in [0.25, 0.3) is 0 Å². The Morgan fingerprint density at radius 2 is 1.17 bits per heavy atom. The van der Waals surface area contributed by atoms with Crippen molar-refractivity contribution < 1.29 is 53.4 Å². The summed E-state index contributed by atoms with van der Waals surface area (Å²) in [6.45, 7) is 4.38. The van der Waals surface area contributed by atoms with Gasteiger partial charge in [-0.1, -0.05) is 13.3 Å². The Kier molecular flexibility index (Phi) is 12.6. The molecule has 3 unspecified atom stereocenters. The number of carbonyl (C=O) groups excluding carboxylic acids is 1. The van der Waals surface area contributed by atoms with Gasteiger partial charge in [-0.2, -0.15) is 0 Å². The van der Waals surface area contributed by atoms with Gasteiger partial charge in [-0.3, -0.25) is 0 Å². The molecular weight excluding hydrogens is 406 g/mol. The maximum absolute atomic E-state index is 12.2. The van der Waals surface area contributed by atoms with E-state index in [-0.39, 0.29) is 6.61 Å². The molecule has 0 radical (unpaired) electrons. The number of nitrogens with one attached hydrogen (secondary N) is 1. The first-order valence-corrected chi connectivity index (χ1v) is 9.42. The van der Waals surface area contributed by atoms with Gasteiger partial charge in [-0.15, -0.1) is 0 Å². The third-order valence-corrected chi connectivity index (χ3v) is 3.97. The average Bonchev–Trinajstić information content (AvgIpc) is 2.67. The number of carboxylic acids is 3. The molecule has 0 heterocycles. The zero-order valence-electron chi connectivity index (χ0n) is 17.6. The van der Waals surface area contributed by atoms with E-state index in [0.29, 0.717) is 6.42 Å². The van der Waals surface area contributed by atoms with Gasteiger partial charge in [0.05, 0.1) is 26.4 Å². The summed E-state index contributed by atoms with van der Waals surface area (Å²) in [5.41, 5.74) is -1.61. The van der Waals surface area contributed by atoms with Gasteiger partial charge in [-0.25, -0.2) is 19.2 Å². The molecule has 30 heavy (non-hydrogen) atoms. The van der Waals surface area contributed by atoms with Gasteiger partial charge in [-0.05, 0) is 27.2 Å². The minimum atomic E-state index is -1.61. The number of carbonyl (C=O) groups is 4. The van der Waals surface area contributed by atoms with Gasteiger partial charge in [0, 0.05) is 0 Å². The summed E-state index contributed by atoms with van der Waals surface area (Å²) in [6.07, 6.45) is -3.32. The van der Waals surface area contributed by atoms with E-state index in [1.165, 1.54) is 20.8 Å². The standard InChI is InChI=1S/C18H31NO11/c1-5-6-7-27-17(26)19-18(8-28-11(2)14(20)21,9-29-12(3)15(22)23)10-30-13(4)16(24)25/h11-13H,5-10H2,1-4H3,(H,19,26)(H,20,21)(H,22,23)(H,24,25). The molecule has 0 bridgehead atoms. The summed E-state index contributed by atoms with van der Waals surface area (Å²) in [6, 6.07) is 0. The number of unbranched alkanes of at least 4 members (excludes halogenated alkanes) is 1. The third-order valence-electron chi connectivity index (χ3n) is 3.97. The Morgan fingerprint density at radius 1 is 0.800 bits per heavy atom. The molecule has 12 nitrogen and oxygen atoms in total. The van der Waals surface area contributed by atoms with Gasteiger partial charge >= 0.3 is 24.0 Å². The lowest BCUT2D eigenvalue weighted by molar-refractivity contribution is -0.159. The van der Waals surface area contributed by atoms with Crippen LogP contribution >= 0.6 is 0 Å². The highest BCUT2D eigenvalue weighted by Gasteiger charge is 2.37. The fraction of sp³-hybridized carbons (Fsp3) is 0.778. The zero-order chi connectivity index (χ0) is 23.3. The van der Waals surface area contributed by atoms with Crippen LogP contribution in [0.15, 0.2) is 0 Å². The number of hydrogen-bond acceptors (Lipinski definition) is 8. The molecule has 0 fully saturated rings. The van der Waals surface area contributed by atoms with E-state index in [2.05, 4.69) is 5.32 Å². The maximum atomic E-state index is 12.2. The monoisotopic (exact) mass is 437 g/mol. The lowest BCUT2D eigenvalue weighted by Crippen LogP contribution is -2.60. The molecule has 0 rings (SSSR count). The van der Waals surface area contributed by atoms with Crippen LogP contribution in [-0.4, -0.2) is 89.6 Å². The van der Waals surface area contributed by atoms with Crippen LogP contribution in [0.25, 0.3) is 0 Å². The van der Waals surface area contributed by atoms with E-state index < -0.39 is 67.7 Å². The second kappa shape index (κ2) is 13.7. The van der Waals surface area contributed by atoms with Crippen molar-refractivity contribution in [2.75, 3.05) is 26.4 Å². The average molecular weight is 437 g/mol. The first-order valence-electron chi connectivity index (χ1n) is 9.42. The fourth-order valence-electron chi connectivity index (χ4n) is 1.86. The molecule has 12 heteroatoms. The highest BCUT2D eigenvalue weighted by Crippen LogP contribution is 2.14. The van der Waals surface area contributed by atoms with Crippen molar-refractivity contribution in [3.63, 3.8) is 0 Å². The van der Waals surface area contributed by atoms with E-state index in [4.69, 9.17) is 34.3 Å². The SMILES string of the molecule is CCCCOC(=O)NC(COC(C)C(=O)O)(COC(C)C(=O)O)COC(C)C(=O)O. The molecular formula is C18H31NO11. The second-order valence-corrected chi connectivity index (χ2v) is 6.77. The van der Waals surface area contributed by atoms with Crippen LogP contribution in [0, 0.1) is 0 Å². The summed E-state index contributed by atoms with van der Waals surface area (Å²) in [7, 11) is 0. The molecule has 0 aromatic carbocycles. The molecule has 4 N–H and O–H groups in total. The zero-order valence-corrected chi connectivity index (χ0v) is 17.6. The Balaban J connectivity index is 5.57. The van der Waals surface area contributed by atoms with Gasteiger partial charge in [0.15, 0.2) is 18.3 Å². The number of rotatable bonds is 16. The highest BCUT2D eigenvalue weighted by atomic mass is 16.6. The van der Waals surface area contributed by atoms with Crippen LogP contribution in [0.4, 0.5) is 4.79 Å². The number of alkyl carbamates (subject to hydrolysis) is 1. The summed E-state index contributed by atoms with van der Waals surface area (Å²) in [5, 5.41) is 29.5. The van der Waals surface area contributed by atoms with Crippen LogP contribution in [0.2, 0.25) is 0 Å². The molecule has 0 saturated carbocycles. The smallest absolute Gasteiger partial charge is 0.407 e. The maximum Gasteiger partial charge on any atom is 0.407 e. The molecule has 0 spiro atoms. The van der Waals surface area contributed by atoms with Crippen molar-refractivity contribution in [2.45, 2.75) is 64.4 Å². The number of ether oxygens (including phenoxy) is 4. The van der Waals surface area contributed by atoms with Crippen molar-refractivity contribution >= 4 is 24.0 Å². The molecule has 0 aliphatic carbocycles. The topological polar surface area (TPSA) is 178 Å². The van der Waals surface area contributed by atoms with Crippen LogP contribution in [0.3, 0.4) is 0 Å². The lowest BCUT2D eigenvalue weighted by Gasteiger charge is -2.35. The first kappa shape index (κ1) is 27.6. The quantitative estimate of drug-likeness (QED) is 0.250. The van der Waals surface area contributed by atoms with Crippen molar-refractivity contribution in [3.05, 3.63) is 0 Å². The van der Waals surface area contributed by atoms with Gasteiger partial charge in [0.1, 0.15) is 5.54 Å². The van der Waals surface area contributed by atoms with Crippen molar-refractivity contribution in [1.29, 1.82) is 0 Å². The van der Waals surface area contributed by atoms with Gasteiger partial charge < -0.3 is 39.6 Å². The summed E-state index contributed by atoms with van der Waals surface area (Å²) in [4.78, 5) is 45.4. The molecule has 1 amide bonds.